The minimum Gasteiger partial charge on any atom is -0.480 e. The fraction of sp³-hybridized carbons (Fsp3) is 0.160. The molecule has 3 N–H and O–H groups in total. The third kappa shape index (κ3) is 5.32. The van der Waals surface area contributed by atoms with Gasteiger partial charge in [-0.1, -0.05) is 47.5 Å². The number of likely N-dealkylation sites (tertiary alicyclic amines) is 1. The molecule has 3 aromatic carbocycles. The predicted octanol–water partition coefficient (Wildman–Crippen LogP) is 5.99. The molecule has 3 amide bonds. The molecule has 1 heterocycles. The van der Waals surface area contributed by atoms with Gasteiger partial charge in [0.05, 0.1) is 10.7 Å². The number of nitrogens with one attached hydrogen (secondary N) is 2. The number of amides is 3. The molecule has 3 aromatic rings. The van der Waals surface area contributed by atoms with E-state index in [9.17, 15) is 19.5 Å². The van der Waals surface area contributed by atoms with Gasteiger partial charge >= 0.3 is 12.0 Å². The van der Waals surface area contributed by atoms with Crippen LogP contribution >= 0.6 is 23.2 Å². The van der Waals surface area contributed by atoms with Gasteiger partial charge in [-0.25, -0.2) is 9.59 Å². The number of benzene rings is 3. The Bertz CT molecular complexity index is 1230. The molecule has 4 rings (SSSR count). The van der Waals surface area contributed by atoms with Crippen LogP contribution in [-0.2, 0) is 4.79 Å². The summed E-state index contributed by atoms with van der Waals surface area (Å²) in [4.78, 5) is 37.8. The number of aliphatic carboxylic acids is 1. The van der Waals surface area contributed by atoms with Crippen molar-refractivity contribution in [2.75, 3.05) is 17.2 Å². The number of hydrogen-bond acceptors (Lipinski definition) is 3. The Kier molecular flexibility index (Phi) is 7.05. The summed E-state index contributed by atoms with van der Waals surface area (Å²) in [6.45, 7) is 0.448. The Morgan fingerprint density at radius 1 is 0.882 bits per heavy atom. The molecule has 34 heavy (non-hydrogen) atoms. The molecular weight excluding hydrogens is 477 g/mol. The Hall–Kier alpha value is -3.55. The van der Waals surface area contributed by atoms with Crippen molar-refractivity contribution in [3.8, 4) is 11.1 Å². The summed E-state index contributed by atoms with van der Waals surface area (Å²) in [6.07, 6.45) is 1.16. The number of halogens is 2. The van der Waals surface area contributed by atoms with Crippen molar-refractivity contribution in [2.45, 2.75) is 18.9 Å². The van der Waals surface area contributed by atoms with E-state index in [1.165, 1.54) is 4.90 Å². The van der Waals surface area contributed by atoms with E-state index in [2.05, 4.69) is 10.6 Å². The molecular formula is C25H21Cl2N3O4. The largest absolute Gasteiger partial charge is 0.480 e. The molecule has 0 radical (unpaired) electrons. The fourth-order valence-electron chi connectivity index (χ4n) is 3.86. The Labute approximate surface area is 206 Å². The molecule has 0 bridgehead atoms. The SMILES string of the molecule is O=C(Nc1ccc(-c2ccc(C(=O)N3CCC[C@@H]3C(=O)O)cc2)cc1)Nc1cc(Cl)ccc1Cl. The van der Waals surface area contributed by atoms with Gasteiger partial charge in [0.1, 0.15) is 6.04 Å². The van der Waals surface area contributed by atoms with Crippen LogP contribution in [0.3, 0.4) is 0 Å². The molecule has 0 unspecified atom stereocenters. The van der Waals surface area contributed by atoms with E-state index in [0.717, 1.165) is 11.1 Å². The molecule has 0 aliphatic carbocycles. The maximum atomic E-state index is 12.7. The standard InChI is InChI=1S/C25H21Cl2N3O4/c26-18-9-12-20(27)21(14-18)29-25(34)28-19-10-7-16(8-11-19)15-3-5-17(6-4-15)23(31)30-13-1-2-22(30)24(32)33/h3-12,14,22H,1-2,13H2,(H,32,33)(H2,28,29,34)/t22-/m1/s1. The first-order valence-corrected chi connectivity index (χ1v) is 11.3. The first-order chi connectivity index (χ1) is 16.3. The van der Waals surface area contributed by atoms with Crippen LogP contribution in [0.15, 0.2) is 66.7 Å². The number of carbonyl (C=O) groups excluding carboxylic acids is 2. The summed E-state index contributed by atoms with van der Waals surface area (Å²) in [7, 11) is 0. The monoisotopic (exact) mass is 497 g/mol. The number of rotatable bonds is 5. The van der Waals surface area contributed by atoms with Crippen molar-refractivity contribution >= 4 is 52.5 Å². The van der Waals surface area contributed by atoms with Gasteiger partial charge in [0.15, 0.2) is 0 Å². The lowest BCUT2D eigenvalue weighted by molar-refractivity contribution is -0.141. The number of carboxylic acid groups (broad SMARTS) is 1. The topological polar surface area (TPSA) is 98.7 Å². The number of carboxylic acids is 1. The lowest BCUT2D eigenvalue weighted by atomic mass is 10.0. The first kappa shape index (κ1) is 23.6. The molecule has 9 heteroatoms. The van der Waals surface area contributed by atoms with Crippen LogP contribution in [0.2, 0.25) is 10.0 Å². The van der Waals surface area contributed by atoms with Gasteiger partial charge in [-0.3, -0.25) is 4.79 Å². The summed E-state index contributed by atoms with van der Waals surface area (Å²) in [5, 5.41) is 15.5. The highest BCUT2D eigenvalue weighted by molar-refractivity contribution is 6.35. The lowest BCUT2D eigenvalue weighted by Crippen LogP contribution is -2.40. The van der Waals surface area contributed by atoms with Crippen molar-refractivity contribution in [1.29, 1.82) is 0 Å². The predicted molar refractivity (Wildman–Crippen MR) is 133 cm³/mol. The molecule has 1 atom stereocenters. The Morgan fingerprint density at radius 2 is 1.53 bits per heavy atom. The molecule has 1 aliphatic rings. The number of hydrogen-bond donors (Lipinski definition) is 3. The number of urea groups is 1. The Balaban J connectivity index is 1.40. The third-order valence-electron chi connectivity index (χ3n) is 5.58. The fourth-order valence-corrected chi connectivity index (χ4v) is 4.20. The maximum absolute atomic E-state index is 12.7. The van der Waals surface area contributed by atoms with E-state index in [1.807, 2.05) is 24.3 Å². The average molecular weight is 498 g/mol. The van der Waals surface area contributed by atoms with Gasteiger partial charge in [0.2, 0.25) is 0 Å². The van der Waals surface area contributed by atoms with Crippen molar-refractivity contribution < 1.29 is 19.5 Å². The van der Waals surface area contributed by atoms with E-state index in [1.54, 1.807) is 42.5 Å². The average Bonchev–Trinajstić information content (AvgIpc) is 3.32. The van der Waals surface area contributed by atoms with E-state index in [-0.39, 0.29) is 5.91 Å². The van der Waals surface area contributed by atoms with Gasteiger partial charge < -0.3 is 20.6 Å². The zero-order valence-corrected chi connectivity index (χ0v) is 19.4. The lowest BCUT2D eigenvalue weighted by Gasteiger charge is -2.21. The summed E-state index contributed by atoms with van der Waals surface area (Å²) in [5.74, 6) is -1.25. The summed E-state index contributed by atoms with van der Waals surface area (Å²) >= 11 is 12.0. The van der Waals surface area contributed by atoms with Gasteiger partial charge in [0.25, 0.3) is 5.91 Å². The zero-order valence-electron chi connectivity index (χ0n) is 17.9. The summed E-state index contributed by atoms with van der Waals surface area (Å²) in [6, 6.07) is 17.8. The number of anilines is 2. The van der Waals surface area contributed by atoms with Gasteiger partial charge in [0, 0.05) is 22.8 Å². The van der Waals surface area contributed by atoms with E-state index in [4.69, 9.17) is 23.2 Å². The highest BCUT2D eigenvalue weighted by Crippen LogP contribution is 2.27. The second-order valence-electron chi connectivity index (χ2n) is 7.85. The van der Waals surface area contributed by atoms with Crippen molar-refractivity contribution in [3.05, 3.63) is 82.3 Å². The minimum absolute atomic E-state index is 0.276. The highest BCUT2D eigenvalue weighted by Gasteiger charge is 2.34. The number of nitrogens with zero attached hydrogens (tertiary/aromatic N) is 1. The van der Waals surface area contributed by atoms with Gasteiger partial charge in [-0.05, 0) is 66.4 Å². The van der Waals surface area contributed by atoms with E-state index in [0.29, 0.717) is 46.4 Å². The molecule has 7 nitrogen and oxygen atoms in total. The molecule has 0 saturated carbocycles. The van der Waals surface area contributed by atoms with Gasteiger partial charge in [-0.2, -0.15) is 0 Å². The second kappa shape index (κ2) is 10.2. The maximum Gasteiger partial charge on any atom is 0.326 e. The van der Waals surface area contributed by atoms with Gasteiger partial charge in [-0.15, -0.1) is 0 Å². The van der Waals surface area contributed by atoms with Crippen molar-refractivity contribution in [1.82, 2.24) is 4.90 Å². The van der Waals surface area contributed by atoms with Crippen LogP contribution in [0, 0.1) is 0 Å². The number of carbonyl (C=O) groups is 3. The Morgan fingerprint density at radius 3 is 2.18 bits per heavy atom. The van der Waals surface area contributed by atoms with Crippen molar-refractivity contribution in [2.24, 2.45) is 0 Å². The van der Waals surface area contributed by atoms with Crippen molar-refractivity contribution in [3.63, 3.8) is 0 Å². The van der Waals surface area contributed by atoms with Crippen LogP contribution in [-0.4, -0.2) is 40.5 Å². The quantitative estimate of drug-likeness (QED) is 0.402. The first-order valence-electron chi connectivity index (χ1n) is 10.6. The van der Waals surface area contributed by atoms with E-state index < -0.39 is 18.0 Å². The zero-order chi connectivity index (χ0) is 24.2. The van der Waals surface area contributed by atoms with Crippen LogP contribution in [0.25, 0.3) is 11.1 Å². The molecule has 0 aromatic heterocycles. The normalized spacial score (nSPS) is 15.1. The smallest absolute Gasteiger partial charge is 0.326 e. The second-order valence-corrected chi connectivity index (χ2v) is 8.70. The molecule has 1 saturated heterocycles. The minimum atomic E-state index is -0.972. The summed E-state index contributed by atoms with van der Waals surface area (Å²) < 4.78 is 0. The van der Waals surface area contributed by atoms with Crippen LogP contribution < -0.4 is 10.6 Å². The molecule has 0 spiro atoms. The molecule has 1 fully saturated rings. The highest BCUT2D eigenvalue weighted by atomic mass is 35.5. The third-order valence-corrected chi connectivity index (χ3v) is 6.15. The van der Waals surface area contributed by atoms with E-state index >= 15 is 0 Å². The van der Waals surface area contributed by atoms with Crippen LogP contribution in [0.4, 0.5) is 16.2 Å². The molecule has 1 aliphatic heterocycles. The molecule has 174 valence electrons. The summed E-state index contributed by atoms with van der Waals surface area (Å²) in [5.41, 5.74) is 3.22. The van der Waals surface area contributed by atoms with Crippen LogP contribution in [0.5, 0.6) is 0 Å². The van der Waals surface area contributed by atoms with Crippen LogP contribution in [0.1, 0.15) is 23.2 Å².